The largest absolute Gasteiger partial charge is 0.494 e. The number of ether oxygens (including phenoxy) is 1. The highest BCUT2D eigenvalue weighted by molar-refractivity contribution is 7.21. The summed E-state index contributed by atoms with van der Waals surface area (Å²) < 4.78 is 19.1. The smallest absolute Gasteiger partial charge is 0.252 e. The van der Waals surface area contributed by atoms with E-state index in [-0.39, 0.29) is 10.7 Å². The molecule has 130 valence electrons. The molecule has 3 rings (SSSR count). The maximum Gasteiger partial charge on any atom is 0.252 e. The monoisotopic (exact) mass is 368 g/mol. The van der Waals surface area contributed by atoms with Gasteiger partial charge in [0.1, 0.15) is 17.6 Å². The summed E-state index contributed by atoms with van der Waals surface area (Å²) in [6.07, 6.45) is 0. The van der Waals surface area contributed by atoms with Gasteiger partial charge in [-0.2, -0.15) is 10.4 Å². The highest BCUT2D eigenvalue weighted by atomic mass is 32.1. The van der Waals surface area contributed by atoms with Crippen molar-refractivity contribution in [2.75, 3.05) is 12.0 Å². The van der Waals surface area contributed by atoms with Crippen LogP contribution in [0, 0.1) is 17.1 Å². The van der Waals surface area contributed by atoms with Gasteiger partial charge in [-0.3, -0.25) is 10.2 Å². The van der Waals surface area contributed by atoms with Crippen molar-refractivity contribution < 1.29 is 13.9 Å². The van der Waals surface area contributed by atoms with E-state index in [4.69, 9.17) is 4.74 Å². The van der Waals surface area contributed by atoms with Crippen LogP contribution in [0.2, 0.25) is 0 Å². The maximum absolute atomic E-state index is 12.9. The molecule has 0 unspecified atom stereocenters. The van der Waals surface area contributed by atoms with Crippen LogP contribution in [0.25, 0.3) is 10.2 Å². The third kappa shape index (κ3) is 3.84. The predicted octanol–water partition coefficient (Wildman–Crippen LogP) is 4.01. The van der Waals surface area contributed by atoms with E-state index in [0.717, 1.165) is 4.70 Å². The lowest BCUT2D eigenvalue weighted by Gasteiger charge is -2.00. The Morgan fingerprint density at radius 1 is 1.35 bits per heavy atom. The summed E-state index contributed by atoms with van der Waals surface area (Å²) in [5.41, 5.74) is 3.31. The number of benzene rings is 2. The number of carbonyl (C=O) groups excluding carboxylic acids is 1. The fourth-order valence-electron chi connectivity index (χ4n) is 2.13. The zero-order valence-electron chi connectivity index (χ0n) is 13.7. The van der Waals surface area contributed by atoms with Gasteiger partial charge in [0.2, 0.25) is 5.71 Å². The van der Waals surface area contributed by atoms with Crippen LogP contribution in [0.15, 0.2) is 47.6 Å². The molecule has 0 aliphatic carbocycles. The zero-order valence-corrected chi connectivity index (χ0v) is 14.5. The Kier molecular flexibility index (Phi) is 5.20. The van der Waals surface area contributed by atoms with Gasteiger partial charge in [0.05, 0.1) is 22.5 Å². The molecule has 0 bridgehead atoms. The average Bonchev–Trinajstić information content (AvgIpc) is 3.07. The first-order valence-electron chi connectivity index (χ1n) is 7.68. The van der Waals surface area contributed by atoms with Gasteiger partial charge in [-0.05, 0) is 43.3 Å². The third-order valence-electron chi connectivity index (χ3n) is 3.33. The number of thiazole rings is 1. The van der Waals surface area contributed by atoms with Crippen LogP contribution in [0.4, 0.5) is 10.1 Å². The molecule has 1 heterocycles. The lowest BCUT2D eigenvalue weighted by molar-refractivity contribution is 0.106. The SMILES string of the molecule is CCOc1ccc2sc(C(=O)/C(C#N)=N\Nc3ccc(F)cc3)nc2c1. The van der Waals surface area contributed by atoms with Crippen molar-refractivity contribution in [3.63, 3.8) is 0 Å². The van der Waals surface area contributed by atoms with Gasteiger partial charge in [-0.15, -0.1) is 11.3 Å². The van der Waals surface area contributed by atoms with Crippen LogP contribution >= 0.6 is 11.3 Å². The van der Waals surface area contributed by atoms with Crippen LogP contribution < -0.4 is 10.2 Å². The maximum atomic E-state index is 12.9. The number of nitrogens with one attached hydrogen (secondary N) is 1. The molecule has 26 heavy (non-hydrogen) atoms. The summed E-state index contributed by atoms with van der Waals surface area (Å²) >= 11 is 1.17. The first-order chi connectivity index (χ1) is 12.6. The van der Waals surface area contributed by atoms with E-state index >= 15 is 0 Å². The Hall–Kier alpha value is -3.31. The van der Waals surface area contributed by atoms with Crippen LogP contribution in [0.1, 0.15) is 16.7 Å². The Bertz CT molecular complexity index is 1020. The van der Waals surface area contributed by atoms with E-state index in [1.54, 1.807) is 18.2 Å². The fraction of sp³-hybridized carbons (Fsp3) is 0.111. The number of carbonyl (C=O) groups is 1. The second-order valence-corrected chi connectivity index (χ2v) is 6.13. The van der Waals surface area contributed by atoms with Crippen molar-refractivity contribution in [3.05, 3.63) is 53.3 Å². The number of anilines is 1. The quantitative estimate of drug-likeness (QED) is 0.403. The number of hydrazone groups is 1. The van der Waals surface area contributed by atoms with Crippen LogP contribution in [0.5, 0.6) is 5.75 Å². The molecule has 0 aliphatic rings. The standard InChI is InChI=1S/C18H13FN4O2S/c1-2-25-13-7-8-16-14(9-13)21-18(26-16)17(24)15(10-20)23-22-12-5-3-11(19)4-6-12/h3-9,22H,2H2,1H3/b23-15-. The summed E-state index contributed by atoms with van der Waals surface area (Å²) in [7, 11) is 0. The Balaban J connectivity index is 1.83. The number of rotatable bonds is 6. The van der Waals surface area contributed by atoms with Crippen molar-refractivity contribution in [2.45, 2.75) is 6.92 Å². The summed E-state index contributed by atoms with van der Waals surface area (Å²) in [5.74, 6) is -0.310. The third-order valence-corrected chi connectivity index (χ3v) is 4.36. The minimum Gasteiger partial charge on any atom is -0.494 e. The Labute approximate surface area is 152 Å². The molecule has 0 atom stereocenters. The molecule has 0 amide bonds. The van der Waals surface area contributed by atoms with Crippen molar-refractivity contribution in [1.82, 2.24) is 4.98 Å². The molecule has 0 radical (unpaired) electrons. The molecule has 8 heteroatoms. The zero-order chi connectivity index (χ0) is 18.5. The molecule has 2 aromatic carbocycles. The number of hydrogen-bond donors (Lipinski definition) is 1. The van der Waals surface area contributed by atoms with Gasteiger partial charge >= 0.3 is 0 Å². The lowest BCUT2D eigenvalue weighted by atomic mass is 10.2. The normalized spacial score (nSPS) is 11.2. The van der Waals surface area contributed by atoms with Gasteiger partial charge in [0.15, 0.2) is 5.01 Å². The van der Waals surface area contributed by atoms with Crippen molar-refractivity contribution in [1.29, 1.82) is 5.26 Å². The van der Waals surface area contributed by atoms with Gasteiger partial charge < -0.3 is 4.74 Å². The fourth-order valence-corrected chi connectivity index (χ4v) is 3.02. The summed E-state index contributed by atoms with van der Waals surface area (Å²) in [4.78, 5) is 16.8. The van der Waals surface area contributed by atoms with Gasteiger partial charge in [0, 0.05) is 6.07 Å². The minimum atomic E-state index is -0.582. The predicted molar refractivity (Wildman–Crippen MR) is 98.2 cm³/mol. The second kappa shape index (κ2) is 7.72. The number of fused-ring (bicyclic) bond motifs is 1. The van der Waals surface area contributed by atoms with E-state index in [2.05, 4.69) is 15.5 Å². The van der Waals surface area contributed by atoms with Gasteiger partial charge in [0.25, 0.3) is 5.78 Å². The number of halogens is 1. The van der Waals surface area contributed by atoms with E-state index in [0.29, 0.717) is 23.6 Å². The molecule has 0 aliphatic heterocycles. The van der Waals surface area contributed by atoms with Crippen molar-refractivity contribution in [3.8, 4) is 11.8 Å². The van der Waals surface area contributed by atoms with Gasteiger partial charge in [-0.25, -0.2) is 9.37 Å². The first kappa shape index (κ1) is 17.5. The van der Waals surface area contributed by atoms with Crippen LogP contribution in [-0.2, 0) is 0 Å². The molecule has 3 aromatic rings. The van der Waals surface area contributed by atoms with E-state index in [9.17, 15) is 14.4 Å². The van der Waals surface area contributed by atoms with Gasteiger partial charge in [-0.1, -0.05) is 0 Å². The lowest BCUT2D eigenvalue weighted by Crippen LogP contribution is -2.14. The molecular formula is C18H13FN4O2S. The van der Waals surface area contributed by atoms with Crippen molar-refractivity contribution >= 4 is 38.7 Å². The van der Waals surface area contributed by atoms with Crippen LogP contribution in [0.3, 0.4) is 0 Å². The van der Waals surface area contributed by atoms with Crippen LogP contribution in [-0.4, -0.2) is 23.1 Å². The number of ketones is 1. The summed E-state index contributed by atoms with van der Waals surface area (Å²) in [6, 6.07) is 12.5. The molecule has 0 saturated heterocycles. The molecule has 0 fully saturated rings. The highest BCUT2D eigenvalue weighted by Crippen LogP contribution is 2.26. The van der Waals surface area contributed by atoms with E-state index in [1.165, 1.54) is 35.6 Å². The number of aromatic nitrogens is 1. The molecule has 6 nitrogen and oxygen atoms in total. The number of Topliss-reactive ketones (excluding diaryl/α,β-unsaturated/α-hetero) is 1. The molecular weight excluding hydrogens is 355 g/mol. The second-order valence-electron chi connectivity index (χ2n) is 5.10. The van der Waals surface area contributed by atoms with E-state index < -0.39 is 11.6 Å². The molecule has 1 N–H and O–H groups in total. The Morgan fingerprint density at radius 2 is 2.12 bits per heavy atom. The van der Waals surface area contributed by atoms with Crippen molar-refractivity contribution in [2.24, 2.45) is 5.10 Å². The summed E-state index contributed by atoms with van der Waals surface area (Å²) in [5, 5.41) is 13.2. The first-order valence-corrected chi connectivity index (χ1v) is 8.50. The number of nitriles is 1. The summed E-state index contributed by atoms with van der Waals surface area (Å²) in [6.45, 7) is 2.41. The average molecular weight is 368 g/mol. The number of nitrogens with zero attached hydrogens (tertiary/aromatic N) is 3. The molecule has 0 saturated carbocycles. The number of hydrogen-bond acceptors (Lipinski definition) is 7. The minimum absolute atomic E-state index is 0.162. The highest BCUT2D eigenvalue weighted by Gasteiger charge is 2.19. The topological polar surface area (TPSA) is 87.4 Å². The van der Waals surface area contributed by atoms with E-state index in [1.807, 2.05) is 13.0 Å². The Morgan fingerprint density at radius 3 is 2.81 bits per heavy atom. The molecule has 0 spiro atoms. The molecule has 1 aromatic heterocycles.